The molecule has 0 aromatic heterocycles. The molecule has 0 radical (unpaired) electrons. The zero-order valence-electron chi connectivity index (χ0n) is 10.1. The number of benzene rings is 1. The fraction of sp³-hybridized carbons (Fsp3) is 0.333. The Morgan fingerprint density at radius 2 is 2.37 bits per heavy atom. The molecule has 0 aliphatic carbocycles. The van der Waals surface area contributed by atoms with Gasteiger partial charge in [0.25, 0.3) is 0 Å². The minimum absolute atomic E-state index is 0.0952. The number of thioether (sulfide) groups is 1. The highest BCUT2D eigenvalue weighted by Crippen LogP contribution is 2.39. The maximum absolute atomic E-state index is 13.2. The van der Waals surface area contributed by atoms with Crippen LogP contribution in [0.3, 0.4) is 0 Å². The predicted molar refractivity (Wildman–Crippen MR) is 73.0 cm³/mol. The second-order valence-electron chi connectivity index (χ2n) is 3.93. The highest BCUT2D eigenvalue weighted by atomic mass is 79.9. The van der Waals surface area contributed by atoms with Gasteiger partial charge in [-0.25, -0.2) is 4.39 Å². The summed E-state index contributed by atoms with van der Waals surface area (Å²) in [6.45, 7) is -0.0952. The van der Waals surface area contributed by atoms with Crippen LogP contribution in [0.2, 0.25) is 0 Å². The van der Waals surface area contributed by atoms with Crippen LogP contribution >= 0.6 is 27.7 Å². The van der Waals surface area contributed by atoms with Crippen LogP contribution in [0.5, 0.6) is 0 Å². The zero-order valence-corrected chi connectivity index (χ0v) is 12.5. The lowest BCUT2D eigenvalue weighted by Crippen LogP contribution is -2.34. The quantitative estimate of drug-likeness (QED) is 0.787. The van der Waals surface area contributed by atoms with Crippen LogP contribution < -0.4 is 0 Å². The Labute approximate surface area is 122 Å². The van der Waals surface area contributed by atoms with Gasteiger partial charge in [-0.15, -0.1) is 11.8 Å². The third-order valence-corrected chi connectivity index (χ3v) is 4.59. The molecule has 1 aliphatic rings. The monoisotopic (exact) mass is 347 g/mol. The molecule has 1 atom stereocenters. The normalized spacial score (nSPS) is 18.8. The van der Waals surface area contributed by atoms with Crippen molar-refractivity contribution in [1.29, 1.82) is 0 Å². The minimum Gasteiger partial charge on any atom is -0.468 e. The van der Waals surface area contributed by atoms with Gasteiger partial charge in [-0.05, 0) is 33.6 Å². The average Bonchev–Trinajstić information content (AvgIpc) is 2.74. The molecule has 1 fully saturated rings. The first-order valence-corrected chi connectivity index (χ1v) is 7.30. The van der Waals surface area contributed by atoms with Crippen molar-refractivity contribution in [1.82, 2.24) is 4.90 Å². The number of esters is 1. The zero-order chi connectivity index (χ0) is 14.0. The van der Waals surface area contributed by atoms with Gasteiger partial charge in [-0.3, -0.25) is 9.59 Å². The van der Waals surface area contributed by atoms with Crippen molar-refractivity contribution in [2.45, 2.75) is 5.37 Å². The third kappa shape index (κ3) is 3.09. The highest BCUT2D eigenvalue weighted by molar-refractivity contribution is 9.10. The number of halogens is 2. The molecule has 1 heterocycles. The van der Waals surface area contributed by atoms with E-state index in [4.69, 9.17) is 0 Å². The maximum atomic E-state index is 13.2. The number of rotatable bonds is 3. The summed E-state index contributed by atoms with van der Waals surface area (Å²) in [5, 5.41) is -0.288. The van der Waals surface area contributed by atoms with Crippen LogP contribution in [0, 0.1) is 5.82 Å². The van der Waals surface area contributed by atoms with Gasteiger partial charge in [0.15, 0.2) is 0 Å². The molecule has 0 spiro atoms. The first-order valence-electron chi connectivity index (χ1n) is 5.45. The maximum Gasteiger partial charge on any atom is 0.325 e. The molecule has 7 heteroatoms. The topological polar surface area (TPSA) is 46.6 Å². The molecule has 4 nitrogen and oxygen atoms in total. The predicted octanol–water partition coefficient (Wildman–Crippen LogP) is 2.34. The van der Waals surface area contributed by atoms with Gasteiger partial charge in [0.2, 0.25) is 5.91 Å². The Balaban J connectivity index is 2.24. The summed E-state index contributed by atoms with van der Waals surface area (Å²) in [4.78, 5) is 24.5. The van der Waals surface area contributed by atoms with E-state index in [1.807, 2.05) is 0 Å². The van der Waals surface area contributed by atoms with Crippen molar-refractivity contribution in [3.05, 3.63) is 34.1 Å². The summed E-state index contributed by atoms with van der Waals surface area (Å²) in [7, 11) is 1.28. The lowest BCUT2D eigenvalue weighted by Gasteiger charge is -2.23. The molecule has 1 aromatic carbocycles. The molecule has 19 heavy (non-hydrogen) atoms. The molecule has 2 rings (SSSR count). The van der Waals surface area contributed by atoms with Crippen LogP contribution in [0.1, 0.15) is 10.9 Å². The number of carbonyl (C=O) groups excluding carboxylic acids is 2. The van der Waals surface area contributed by atoms with Gasteiger partial charge < -0.3 is 9.64 Å². The SMILES string of the molecule is COC(=O)CN1C(=O)CSC1c1ccc(F)c(Br)c1. The Bertz CT molecular complexity index is 526. The smallest absolute Gasteiger partial charge is 0.325 e. The Morgan fingerprint density at radius 1 is 1.63 bits per heavy atom. The summed E-state index contributed by atoms with van der Waals surface area (Å²) < 4.78 is 18.1. The van der Waals surface area contributed by atoms with E-state index < -0.39 is 5.97 Å². The van der Waals surface area contributed by atoms with Crippen LogP contribution in [0.15, 0.2) is 22.7 Å². The summed E-state index contributed by atoms with van der Waals surface area (Å²) in [5.74, 6) is -0.656. The Hall–Kier alpha value is -1.08. The van der Waals surface area contributed by atoms with E-state index in [1.54, 1.807) is 12.1 Å². The number of nitrogens with zero attached hydrogens (tertiary/aromatic N) is 1. The first-order chi connectivity index (χ1) is 9.02. The standard InChI is InChI=1S/C12H11BrFNO3S/c1-18-11(17)5-15-10(16)6-19-12(15)7-2-3-9(14)8(13)4-7/h2-4,12H,5-6H2,1H3. The molecule has 0 N–H and O–H groups in total. The largest absolute Gasteiger partial charge is 0.468 e. The van der Waals surface area contributed by atoms with E-state index in [2.05, 4.69) is 20.7 Å². The van der Waals surface area contributed by atoms with Crippen molar-refractivity contribution < 1.29 is 18.7 Å². The molecule has 102 valence electrons. The van der Waals surface area contributed by atoms with Crippen LogP contribution in [0.4, 0.5) is 4.39 Å². The molecule has 1 aliphatic heterocycles. The van der Waals surface area contributed by atoms with Gasteiger partial charge in [-0.2, -0.15) is 0 Å². The van der Waals surface area contributed by atoms with Gasteiger partial charge in [0.1, 0.15) is 17.7 Å². The highest BCUT2D eigenvalue weighted by Gasteiger charge is 2.34. The molecular formula is C12H11BrFNO3S. The molecule has 1 saturated heterocycles. The second-order valence-corrected chi connectivity index (χ2v) is 5.86. The van der Waals surface area contributed by atoms with E-state index in [-0.39, 0.29) is 23.6 Å². The van der Waals surface area contributed by atoms with E-state index in [0.29, 0.717) is 10.2 Å². The molecule has 1 amide bonds. The fourth-order valence-electron chi connectivity index (χ4n) is 1.77. The Morgan fingerprint density at radius 3 is 3.00 bits per heavy atom. The molecular weight excluding hydrogens is 337 g/mol. The van der Waals surface area contributed by atoms with E-state index in [0.717, 1.165) is 5.56 Å². The summed E-state index contributed by atoms with van der Waals surface area (Å²) in [6, 6.07) is 4.57. The number of ether oxygens (including phenoxy) is 1. The number of amides is 1. The lowest BCUT2D eigenvalue weighted by molar-refractivity contribution is -0.146. The van der Waals surface area contributed by atoms with Crippen LogP contribution in [-0.4, -0.2) is 36.2 Å². The van der Waals surface area contributed by atoms with E-state index in [9.17, 15) is 14.0 Å². The minimum atomic E-state index is -0.470. The van der Waals surface area contributed by atoms with Crippen LogP contribution in [0.25, 0.3) is 0 Å². The fourth-order valence-corrected chi connectivity index (χ4v) is 3.34. The lowest BCUT2D eigenvalue weighted by atomic mass is 10.2. The van der Waals surface area contributed by atoms with Gasteiger partial charge in [0.05, 0.1) is 17.3 Å². The first kappa shape index (κ1) is 14.3. The molecule has 1 aromatic rings. The summed E-state index contributed by atoms with van der Waals surface area (Å²) in [5.41, 5.74) is 0.771. The Kier molecular flexibility index (Phi) is 4.46. The molecule has 0 saturated carbocycles. The summed E-state index contributed by atoms with van der Waals surface area (Å²) >= 11 is 4.52. The van der Waals surface area contributed by atoms with Crippen molar-refractivity contribution in [3.63, 3.8) is 0 Å². The number of hydrogen-bond acceptors (Lipinski definition) is 4. The van der Waals surface area contributed by atoms with Crippen molar-refractivity contribution in [2.24, 2.45) is 0 Å². The molecule has 0 bridgehead atoms. The van der Waals surface area contributed by atoms with Crippen molar-refractivity contribution in [3.8, 4) is 0 Å². The average molecular weight is 348 g/mol. The van der Waals surface area contributed by atoms with Gasteiger partial charge >= 0.3 is 5.97 Å². The van der Waals surface area contributed by atoms with Crippen molar-refractivity contribution >= 4 is 39.6 Å². The molecule has 1 unspecified atom stereocenters. The van der Waals surface area contributed by atoms with Crippen molar-refractivity contribution in [2.75, 3.05) is 19.4 Å². The number of hydrogen-bond donors (Lipinski definition) is 0. The van der Waals surface area contributed by atoms with Crippen LogP contribution in [-0.2, 0) is 14.3 Å². The van der Waals surface area contributed by atoms with Gasteiger partial charge in [0, 0.05) is 0 Å². The second kappa shape index (κ2) is 5.92. The van der Waals surface area contributed by atoms with E-state index in [1.165, 1.54) is 29.8 Å². The number of carbonyl (C=O) groups is 2. The third-order valence-electron chi connectivity index (χ3n) is 2.72. The summed E-state index contributed by atoms with van der Waals surface area (Å²) in [6.07, 6.45) is 0. The number of methoxy groups -OCH3 is 1. The van der Waals surface area contributed by atoms with Gasteiger partial charge in [-0.1, -0.05) is 6.07 Å². The van der Waals surface area contributed by atoms with E-state index >= 15 is 0 Å².